The van der Waals surface area contributed by atoms with Gasteiger partial charge in [0.2, 0.25) is 5.88 Å². The zero-order valence-electron chi connectivity index (χ0n) is 8.21. The van der Waals surface area contributed by atoms with Crippen LogP contribution in [-0.4, -0.2) is 22.2 Å². The number of phenolic OH excluding ortho intramolecular Hbond substituents is 1. The molecular weight excluding hydrogens is 192 g/mol. The summed E-state index contributed by atoms with van der Waals surface area (Å²) in [5, 5.41) is 9.63. The van der Waals surface area contributed by atoms with Crippen LogP contribution >= 0.6 is 0 Å². The number of benzene rings is 1. The third-order valence-corrected chi connectivity index (χ3v) is 2.03. The fourth-order valence-electron chi connectivity index (χ4n) is 1.29. The molecule has 0 unspecified atom stereocenters. The van der Waals surface area contributed by atoms with Crippen molar-refractivity contribution in [3.8, 4) is 22.9 Å². The quantitative estimate of drug-likeness (QED) is 0.807. The highest BCUT2D eigenvalue weighted by Gasteiger charge is 2.05. The van der Waals surface area contributed by atoms with Gasteiger partial charge in [-0.15, -0.1) is 0 Å². The van der Waals surface area contributed by atoms with Crippen LogP contribution in [0.1, 0.15) is 0 Å². The highest BCUT2D eigenvalue weighted by atomic mass is 16.5. The number of aromatic hydroxyl groups is 1. The largest absolute Gasteiger partial charge is 0.507 e. The van der Waals surface area contributed by atoms with Crippen LogP contribution in [0.2, 0.25) is 0 Å². The number of hydrogen-bond donors (Lipinski definition) is 1. The lowest BCUT2D eigenvalue weighted by atomic mass is 10.1. The van der Waals surface area contributed by atoms with Crippen molar-refractivity contribution in [3.05, 3.63) is 36.7 Å². The molecule has 0 saturated carbocycles. The number of ether oxygens (including phenoxy) is 1. The lowest BCUT2D eigenvalue weighted by Gasteiger charge is -2.04. The Kier molecular flexibility index (Phi) is 2.49. The Morgan fingerprint density at radius 2 is 2.00 bits per heavy atom. The number of phenols is 1. The van der Waals surface area contributed by atoms with Gasteiger partial charge in [-0.3, -0.25) is 0 Å². The first-order chi connectivity index (χ1) is 7.31. The average molecular weight is 202 g/mol. The average Bonchev–Trinajstić information content (AvgIpc) is 2.30. The minimum atomic E-state index is 0.193. The van der Waals surface area contributed by atoms with Gasteiger partial charge in [0.1, 0.15) is 12.1 Å². The molecule has 0 radical (unpaired) electrons. The van der Waals surface area contributed by atoms with Crippen molar-refractivity contribution in [2.45, 2.75) is 0 Å². The Morgan fingerprint density at radius 3 is 2.73 bits per heavy atom. The van der Waals surface area contributed by atoms with Crippen molar-refractivity contribution in [1.29, 1.82) is 0 Å². The number of para-hydroxylation sites is 1. The van der Waals surface area contributed by atoms with Crippen molar-refractivity contribution >= 4 is 0 Å². The molecule has 0 bridgehead atoms. The van der Waals surface area contributed by atoms with Gasteiger partial charge in [-0.05, 0) is 12.1 Å². The lowest BCUT2D eigenvalue weighted by Crippen LogP contribution is -1.90. The minimum Gasteiger partial charge on any atom is -0.507 e. The summed E-state index contributed by atoms with van der Waals surface area (Å²) in [5.74, 6) is 0.668. The number of nitrogens with zero attached hydrogens (tertiary/aromatic N) is 2. The topological polar surface area (TPSA) is 55.2 Å². The molecule has 0 amide bonds. The van der Waals surface area contributed by atoms with Crippen molar-refractivity contribution in [2.75, 3.05) is 7.11 Å². The van der Waals surface area contributed by atoms with E-state index in [2.05, 4.69) is 9.97 Å². The van der Waals surface area contributed by atoms with E-state index in [0.717, 1.165) is 0 Å². The van der Waals surface area contributed by atoms with E-state index in [1.165, 1.54) is 13.4 Å². The van der Waals surface area contributed by atoms with Crippen molar-refractivity contribution in [1.82, 2.24) is 9.97 Å². The first-order valence-electron chi connectivity index (χ1n) is 4.45. The van der Waals surface area contributed by atoms with Gasteiger partial charge in [0.15, 0.2) is 0 Å². The highest BCUT2D eigenvalue weighted by Crippen LogP contribution is 2.27. The van der Waals surface area contributed by atoms with Crippen LogP contribution in [0.15, 0.2) is 36.7 Å². The number of hydrogen-bond acceptors (Lipinski definition) is 4. The monoisotopic (exact) mass is 202 g/mol. The van der Waals surface area contributed by atoms with E-state index in [9.17, 15) is 5.11 Å². The van der Waals surface area contributed by atoms with Crippen molar-refractivity contribution in [2.24, 2.45) is 0 Å². The van der Waals surface area contributed by atoms with Crippen LogP contribution in [0.5, 0.6) is 11.6 Å². The third-order valence-electron chi connectivity index (χ3n) is 2.03. The van der Waals surface area contributed by atoms with E-state index in [1.807, 2.05) is 6.07 Å². The Bertz CT molecular complexity index is 472. The second kappa shape index (κ2) is 3.96. The molecule has 76 valence electrons. The second-order valence-electron chi connectivity index (χ2n) is 2.96. The molecule has 0 spiro atoms. The molecule has 0 saturated heterocycles. The second-order valence-corrected chi connectivity index (χ2v) is 2.96. The molecule has 2 rings (SSSR count). The summed E-state index contributed by atoms with van der Waals surface area (Å²) in [6.07, 6.45) is 1.40. The number of rotatable bonds is 2. The first kappa shape index (κ1) is 9.45. The van der Waals surface area contributed by atoms with Crippen LogP contribution in [-0.2, 0) is 0 Å². The standard InChI is InChI=1S/C11H10N2O2/c1-15-11-6-9(12-7-13-11)8-4-2-3-5-10(8)14/h2-7,14H,1H3. The van der Waals surface area contributed by atoms with Gasteiger partial charge in [-0.1, -0.05) is 12.1 Å². The number of methoxy groups -OCH3 is 1. The zero-order chi connectivity index (χ0) is 10.7. The molecule has 0 aliphatic rings. The molecule has 1 aromatic carbocycles. The summed E-state index contributed by atoms with van der Waals surface area (Å²) in [4.78, 5) is 7.97. The van der Waals surface area contributed by atoms with E-state index < -0.39 is 0 Å². The predicted octanol–water partition coefficient (Wildman–Crippen LogP) is 1.86. The Labute approximate surface area is 87.2 Å². The first-order valence-corrected chi connectivity index (χ1v) is 4.45. The normalized spacial score (nSPS) is 9.93. The molecular formula is C11H10N2O2. The summed E-state index contributed by atoms with van der Waals surface area (Å²) >= 11 is 0. The van der Waals surface area contributed by atoms with Gasteiger partial charge in [0.25, 0.3) is 0 Å². The van der Waals surface area contributed by atoms with Crippen LogP contribution < -0.4 is 4.74 Å². The molecule has 1 N–H and O–H groups in total. The van der Waals surface area contributed by atoms with E-state index in [4.69, 9.17) is 4.74 Å². The summed E-state index contributed by atoms with van der Waals surface area (Å²) in [6.45, 7) is 0. The minimum absolute atomic E-state index is 0.193. The summed E-state index contributed by atoms with van der Waals surface area (Å²) in [7, 11) is 1.54. The lowest BCUT2D eigenvalue weighted by molar-refractivity contribution is 0.397. The molecule has 0 aliphatic heterocycles. The molecule has 0 atom stereocenters. The fourth-order valence-corrected chi connectivity index (χ4v) is 1.29. The Morgan fingerprint density at radius 1 is 1.20 bits per heavy atom. The molecule has 0 fully saturated rings. The third kappa shape index (κ3) is 1.88. The molecule has 4 heteroatoms. The van der Waals surface area contributed by atoms with Gasteiger partial charge < -0.3 is 9.84 Å². The van der Waals surface area contributed by atoms with Gasteiger partial charge in [0, 0.05) is 11.6 Å². The van der Waals surface area contributed by atoms with E-state index in [-0.39, 0.29) is 5.75 Å². The molecule has 1 heterocycles. The SMILES string of the molecule is COc1cc(-c2ccccc2O)ncn1. The van der Waals surface area contributed by atoms with Crippen molar-refractivity contribution < 1.29 is 9.84 Å². The Hall–Kier alpha value is -2.10. The maximum Gasteiger partial charge on any atom is 0.216 e. The molecule has 1 aromatic heterocycles. The number of aromatic nitrogens is 2. The fraction of sp³-hybridized carbons (Fsp3) is 0.0909. The van der Waals surface area contributed by atoms with Crippen LogP contribution in [0.4, 0.5) is 0 Å². The summed E-state index contributed by atoms with van der Waals surface area (Å²) < 4.78 is 4.98. The Balaban J connectivity index is 2.49. The van der Waals surface area contributed by atoms with Crippen molar-refractivity contribution in [3.63, 3.8) is 0 Å². The van der Waals surface area contributed by atoms with E-state index in [1.54, 1.807) is 24.3 Å². The van der Waals surface area contributed by atoms with E-state index >= 15 is 0 Å². The van der Waals surface area contributed by atoms with Gasteiger partial charge in [-0.2, -0.15) is 0 Å². The van der Waals surface area contributed by atoms with Gasteiger partial charge in [0.05, 0.1) is 12.8 Å². The highest BCUT2D eigenvalue weighted by molar-refractivity contribution is 5.66. The van der Waals surface area contributed by atoms with Crippen LogP contribution in [0.25, 0.3) is 11.3 Å². The molecule has 0 aliphatic carbocycles. The maximum atomic E-state index is 9.63. The molecule has 2 aromatic rings. The van der Waals surface area contributed by atoms with Crippen LogP contribution in [0, 0.1) is 0 Å². The summed E-state index contributed by atoms with van der Waals surface area (Å²) in [5.41, 5.74) is 1.30. The smallest absolute Gasteiger partial charge is 0.216 e. The molecule has 4 nitrogen and oxygen atoms in total. The van der Waals surface area contributed by atoms with E-state index in [0.29, 0.717) is 17.1 Å². The van der Waals surface area contributed by atoms with Gasteiger partial charge >= 0.3 is 0 Å². The predicted molar refractivity (Wildman–Crippen MR) is 55.7 cm³/mol. The summed E-state index contributed by atoms with van der Waals surface area (Å²) in [6, 6.07) is 8.68. The molecule has 15 heavy (non-hydrogen) atoms. The van der Waals surface area contributed by atoms with Crippen LogP contribution in [0.3, 0.4) is 0 Å². The maximum absolute atomic E-state index is 9.63. The van der Waals surface area contributed by atoms with Gasteiger partial charge in [-0.25, -0.2) is 9.97 Å². The zero-order valence-corrected chi connectivity index (χ0v) is 8.21.